The van der Waals surface area contributed by atoms with Crippen LogP contribution < -0.4 is 5.32 Å². The number of nitrogens with one attached hydrogen (secondary N) is 1. The molecule has 2 rings (SSSR count). The van der Waals surface area contributed by atoms with E-state index in [1.54, 1.807) is 6.07 Å². The molecule has 0 aliphatic carbocycles. The van der Waals surface area contributed by atoms with Crippen LogP contribution in [0.25, 0.3) is 0 Å². The maximum Gasteiger partial charge on any atom is 0.328 e. The van der Waals surface area contributed by atoms with Crippen LogP contribution in [-0.4, -0.2) is 38.7 Å². The molecular weight excluding hydrogens is 342 g/mol. The number of nitrogens with zero attached hydrogens (tertiary/aromatic N) is 4. The van der Waals surface area contributed by atoms with Crippen molar-refractivity contribution in [1.29, 1.82) is 0 Å². The van der Waals surface area contributed by atoms with Crippen LogP contribution in [0.4, 0.5) is 5.69 Å². The van der Waals surface area contributed by atoms with E-state index < -0.39 is 11.9 Å². The number of esters is 1. The van der Waals surface area contributed by atoms with E-state index in [4.69, 9.17) is 4.74 Å². The van der Waals surface area contributed by atoms with Crippen LogP contribution in [0.3, 0.4) is 0 Å². The van der Waals surface area contributed by atoms with Gasteiger partial charge in [-0.1, -0.05) is 15.9 Å². The van der Waals surface area contributed by atoms with Gasteiger partial charge in [-0.25, -0.2) is 4.68 Å². The van der Waals surface area contributed by atoms with Gasteiger partial charge in [0.25, 0.3) is 5.91 Å². The van der Waals surface area contributed by atoms with Crippen molar-refractivity contribution < 1.29 is 14.3 Å². The Hall–Kier alpha value is -2.29. The molecule has 0 saturated heterocycles. The Kier molecular flexibility index (Phi) is 4.99. The van der Waals surface area contributed by atoms with Crippen molar-refractivity contribution >= 4 is 33.5 Å². The first-order chi connectivity index (χ1) is 10.0. The number of aryl methyl sites for hydroxylation is 1. The molecule has 0 fully saturated rings. The monoisotopic (exact) mass is 353 g/mol. The number of halogens is 1. The number of carbonyl (C=O) groups is 2. The van der Waals surface area contributed by atoms with Gasteiger partial charge in [0.05, 0.1) is 0 Å². The highest BCUT2D eigenvalue weighted by molar-refractivity contribution is 9.10. The van der Waals surface area contributed by atoms with E-state index in [1.165, 1.54) is 11.0 Å². The summed E-state index contributed by atoms with van der Waals surface area (Å²) in [5.74, 6) is -1.01. The molecule has 1 heterocycles. The van der Waals surface area contributed by atoms with E-state index >= 15 is 0 Å². The third-order valence-electron chi connectivity index (χ3n) is 2.49. The molecular formula is C12H12BrN5O3. The molecule has 0 radical (unpaired) electrons. The number of ether oxygens (including phenoxy) is 1. The van der Waals surface area contributed by atoms with E-state index in [1.807, 2.05) is 19.1 Å². The Balaban J connectivity index is 1.79. The molecule has 0 atom stereocenters. The van der Waals surface area contributed by atoms with E-state index in [0.717, 1.165) is 10.0 Å². The summed E-state index contributed by atoms with van der Waals surface area (Å²) in [6, 6.07) is 5.39. The van der Waals surface area contributed by atoms with E-state index in [0.29, 0.717) is 5.69 Å². The molecule has 0 unspecified atom stereocenters. The Labute approximate surface area is 128 Å². The Morgan fingerprint density at radius 1 is 1.43 bits per heavy atom. The summed E-state index contributed by atoms with van der Waals surface area (Å²) in [5, 5.41) is 12.9. The minimum Gasteiger partial charge on any atom is -0.454 e. The molecule has 1 amide bonds. The van der Waals surface area contributed by atoms with Crippen molar-refractivity contribution in [3.63, 3.8) is 0 Å². The minimum atomic E-state index is -0.593. The fourth-order valence-electron chi connectivity index (χ4n) is 1.50. The van der Waals surface area contributed by atoms with Crippen LogP contribution >= 0.6 is 15.9 Å². The van der Waals surface area contributed by atoms with Crippen molar-refractivity contribution in [3.8, 4) is 0 Å². The van der Waals surface area contributed by atoms with Gasteiger partial charge in [-0.2, -0.15) is 0 Å². The molecule has 8 nitrogen and oxygen atoms in total. The third-order valence-corrected chi connectivity index (χ3v) is 3.38. The van der Waals surface area contributed by atoms with Crippen LogP contribution in [-0.2, 0) is 20.9 Å². The fourth-order valence-corrected chi connectivity index (χ4v) is 1.74. The molecule has 0 saturated carbocycles. The average Bonchev–Trinajstić information content (AvgIpc) is 2.93. The highest BCUT2D eigenvalue weighted by Gasteiger charge is 2.09. The van der Waals surface area contributed by atoms with Gasteiger partial charge in [-0.05, 0) is 41.1 Å². The summed E-state index contributed by atoms with van der Waals surface area (Å²) in [6.45, 7) is 1.40. The summed E-state index contributed by atoms with van der Waals surface area (Å²) in [6.07, 6.45) is 1.28. The number of hydrogen-bond acceptors (Lipinski definition) is 6. The lowest BCUT2D eigenvalue weighted by atomic mass is 10.2. The molecule has 0 spiro atoms. The smallest absolute Gasteiger partial charge is 0.328 e. The first-order valence-electron chi connectivity index (χ1n) is 5.97. The lowest BCUT2D eigenvalue weighted by Crippen LogP contribution is -2.23. The SMILES string of the molecule is Cc1cc(NC(=O)COC(=O)Cn2cnnn2)ccc1Br. The number of rotatable bonds is 5. The van der Waals surface area contributed by atoms with Crippen molar-refractivity contribution in [2.45, 2.75) is 13.5 Å². The highest BCUT2D eigenvalue weighted by atomic mass is 79.9. The number of anilines is 1. The molecule has 2 aromatic rings. The van der Waals surface area contributed by atoms with Gasteiger partial charge in [0.15, 0.2) is 6.61 Å². The molecule has 0 aliphatic rings. The topological polar surface area (TPSA) is 99.0 Å². The van der Waals surface area contributed by atoms with Gasteiger partial charge in [0, 0.05) is 10.2 Å². The lowest BCUT2D eigenvalue weighted by Gasteiger charge is -2.07. The maximum atomic E-state index is 11.7. The number of benzene rings is 1. The zero-order valence-electron chi connectivity index (χ0n) is 11.1. The zero-order valence-corrected chi connectivity index (χ0v) is 12.7. The summed E-state index contributed by atoms with van der Waals surface area (Å²) in [5.41, 5.74) is 1.63. The normalized spacial score (nSPS) is 10.2. The quantitative estimate of drug-likeness (QED) is 0.802. The van der Waals surface area contributed by atoms with Gasteiger partial charge in [-0.3, -0.25) is 9.59 Å². The van der Waals surface area contributed by atoms with E-state index in [-0.39, 0.29) is 13.2 Å². The van der Waals surface area contributed by atoms with Crippen LogP contribution in [0.15, 0.2) is 29.0 Å². The average molecular weight is 354 g/mol. The van der Waals surface area contributed by atoms with Gasteiger partial charge >= 0.3 is 5.97 Å². The number of aromatic nitrogens is 4. The predicted octanol–water partition coefficient (Wildman–Crippen LogP) is 0.926. The van der Waals surface area contributed by atoms with E-state index in [2.05, 4.69) is 36.8 Å². The summed E-state index contributed by atoms with van der Waals surface area (Å²) < 4.78 is 6.99. The molecule has 1 aromatic heterocycles. The predicted molar refractivity (Wildman–Crippen MR) is 76.3 cm³/mol. The summed E-state index contributed by atoms with van der Waals surface area (Å²) in [4.78, 5) is 23.1. The second-order valence-electron chi connectivity index (χ2n) is 4.18. The third kappa shape index (κ3) is 4.63. The van der Waals surface area contributed by atoms with Gasteiger partial charge in [0.1, 0.15) is 12.9 Å². The standard InChI is InChI=1S/C12H12BrN5O3/c1-8-4-9(2-3-10(8)13)15-11(19)6-21-12(20)5-18-7-14-16-17-18/h2-4,7H,5-6H2,1H3,(H,15,19). The molecule has 21 heavy (non-hydrogen) atoms. The summed E-state index contributed by atoms with van der Waals surface area (Å²) in [7, 11) is 0. The number of tetrazole rings is 1. The van der Waals surface area contributed by atoms with Crippen molar-refractivity contribution in [2.75, 3.05) is 11.9 Å². The largest absolute Gasteiger partial charge is 0.454 e. The van der Waals surface area contributed by atoms with Crippen LogP contribution in [0, 0.1) is 6.92 Å². The van der Waals surface area contributed by atoms with Gasteiger partial charge < -0.3 is 10.1 Å². The number of amides is 1. The first-order valence-corrected chi connectivity index (χ1v) is 6.76. The highest BCUT2D eigenvalue weighted by Crippen LogP contribution is 2.19. The van der Waals surface area contributed by atoms with Gasteiger partial charge in [-0.15, -0.1) is 5.10 Å². The van der Waals surface area contributed by atoms with Crippen LogP contribution in [0.2, 0.25) is 0 Å². The summed E-state index contributed by atoms with van der Waals surface area (Å²) >= 11 is 3.37. The second kappa shape index (κ2) is 6.93. The maximum absolute atomic E-state index is 11.7. The first kappa shape index (κ1) is 15.1. The van der Waals surface area contributed by atoms with E-state index in [9.17, 15) is 9.59 Å². The molecule has 1 aromatic carbocycles. The van der Waals surface area contributed by atoms with Crippen molar-refractivity contribution in [3.05, 3.63) is 34.6 Å². The van der Waals surface area contributed by atoms with Gasteiger partial charge in [0.2, 0.25) is 0 Å². The lowest BCUT2D eigenvalue weighted by molar-refractivity contribution is -0.148. The number of hydrogen-bond donors (Lipinski definition) is 1. The Bertz CT molecular complexity index is 644. The second-order valence-corrected chi connectivity index (χ2v) is 5.03. The number of carbonyl (C=O) groups excluding carboxylic acids is 2. The molecule has 9 heteroatoms. The minimum absolute atomic E-state index is 0.141. The molecule has 1 N–H and O–H groups in total. The fraction of sp³-hybridized carbons (Fsp3) is 0.250. The molecule has 0 aliphatic heterocycles. The van der Waals surface area contributed by atoms with Crippen LogP contribution in [0.1, 0.15) is 5.56 Å². The Morgan fingerprint density at radius 3 is 2.90 bits per heavy atom. The van der Waals surface area contributed by atoms with Crippen molar-refractivity contribution in [2.24, 2.45) is 0 Å². The molecule has 0 bridgehead atoms. The zero-order chi connectivity index (χ0) is 15.2. The van der Waals surface area contributed by atoms with Crippen molar-refractivity contribution in [1.82, 2.24) is 20.2 Å². The van der Waals surface area contributed by atoms with Crippen LogP contribution in [0.5, 0.6) is 0 Å². The Morgan fingerprint density at radius 2 is 2.24 bits per heavy atom. The molecule has 110 valence electrons.